The highest BCUT2D eigenvalue weighted by molar-refractivity contribution is 6.08. The number of allylic oxidation sites excluding steroid dienone is 2. The summed E-state index contributed by atoms with van der Waals surface area (Å²) in [4.78, 5) is 51.7. The van der Waals surface area contributed by atoms with E-state index in [9.17, 15) is 19.2 Å². The van der Waals surface area contributed by atoms with Crippen molar-refractivity contribution in [3.05, 3.63) is 47.5 Å². The second-order valence-electron chi connectivity index (χ2n) is 8.78. The van der Waals surface area contributed by atoms with Crippen LogP contribution in [0.3, 0.4) is 0 Å². The molecule has 1 aromatic rings. The van der Waals surface area contributed by atoms with Crippen LogP contribution in [-0.2, 0) is 19.1 Å². The molecule has 0 aromatic heterocycles. The summed E-state index contributed by atoms with van der Waals surface area (Å²) in [5, 5.41) is 0. The zero-order chi connectivity index (χ0) is 20.4. The second-order valence-corrected chi connectivity index (χ2v) is 8.78. The van der Waals surface area contributed by atoms with Gasteiger partial charge in [0, 0.05) is 5.56 Å². The Morgan fingerprint density at radius 3 is 2.14 bits per heavy atom. The number of rotatable bonds is 5. The average molecular weight is 393 g/mol. The van der Waals surface area contributed by atoms with Gasteiger partial charge in [0.25, 0.3) is 0 Å². The lowest BCUT2D eigenvalue weighted by molar-refractivity contribution is -0.154. The third-order valence-corrected chi connectivity index (χ3v) is 7.05. The molecule has 0 unspecified atom stereocenters. The number of hydrogen-bond acceptors (Lipinski definition) is 5. The van der Waals surface area contributed by atoms with E-state index < -0.39 is 18.6 Å². The van der Waals surface area contributed by atoms with E-state index in [1.54, 1.807) is 12.1 Å². The molecule has 0 spiro atoms. The van der Waals surface area contributed by atoms with E-state index in [4.69, 9.17) is 4.74 Å². The molecule has 1 aromatic carbocycles. The van der Waals surface area contributed by atoms with E-state index >= 15 is 0 Å². The van der Waals surface area contributed by atoms with Crippen molar-refractivity contribution in [3.8, 4) is 0 Å². The Morgan fingerprint density at radius 1 is 1.03 bits per heavy atom. The first-order chi connectivity index (χ1) is 13.9. The molecule has 6 rings (SSSR count). The lowest BCUT2D eigenvalue weighted by Crippen LogP contribution is -2.40. The topological polar surface area (TPSA) is 80.8 Å². The van der Waals surface area contributed by atoms with Gasteiger partial charge in [-0.05, 0) is 43.9 Å². The largest absolute Gasteiger partial charge is 0.453 e. The minimum absolute atomic E-state index is 0.120. The summed E-state index contributed by atoms with van der Waals surface area (Å²) in [6, 6.07) is 7.01. The molecule has 5 aliphatic rings. The maximum atomic E-state index is 12.9. The van der Waals surface area contributed by atoms with E-state index in [2.05, 4.69) is 12.2 Å². The SMILES string of the molecule is Cc1ccc(C(=O)[C@@H](C)OC(=O)CN2C(=O)[C@H]3[C@@H]4C=C[C@H]([C@H]5C[C@H]45)[C@@H]3C2=O)cc1. The fourth-order valence-electron chi connectivity index (χ4n) is 5.54. The van der Waals surface area contributed by atoms with Gasteiger partial charge in [-0.1, -0.05) is 42.0 Å². The summed E-state index contributed by atoms with van der Waals surface area (Å²) in [6.45, 7) is 3.00. The third kappa shape index (κ3) is 2.76. The molecule has 0 N–H and O–H groups in total. The first-order valence-electron chi connectivity index (χ1n) is 10.2. The molecule has 6 heteroatoms. The monoisotopic (exact) mass is 393 g/mol. The number of nitrogens with zero attached hydrogens (tertiary/aromatic N) is 1. The van der Waals surface area contributed by atoms with Crippen LogP contribution in [0.25, 0.3) is 0 Å². The van der Waals surface area contributed by atoms with Crippen LogP contribution in [0.1, 0.15) is 29.3 Å². The number of Topliss-reactive ketones (excluding diaryl/α,β-unsaturated/α-hetero) is 1. The third-order valence-electron chi connectivity index (χ3n) is 7.05. The summed E-state index contributed by atoms with van der Waals surface area (Å²) < 4.78 is 5.26. The molecule has 2 saturated carbocycles. The molecular weight excluding hydrogens is 370 g/mol. The molecule has 2 amide bonds. The van der Waals surface area contributed by atoms with Gasteiger partial charge in [-0.3, -0.25) is 24.1 Å². The normalized spacial score (nSPS) is 34.6. The number of carbonyl (C=O) groups is 4. The Morgan fingerprint density at radius 2 is 1.59 bits per heavy atom. The van der Waals surface area contributed by atoms with Gasteiger partial charge in [0.2, 0.25) is 17.6 Å². The van der Waals surface area contributed by atoms with Gasteiger partial charge in [0.1, 0.15) is 6.54 Å². The van der Waals surface area contributed by atoms with Crippen molar-refractivity contribution < 1.29 is 23.9 Å². The Bertz CT molecular complexity index is 913. The fraction of sp³-hybridized carbons (Fsp3) is 0.478. The first kappa shape index (κ1) is 18.3. The highest BCUT2D eigenvalue weighted by Gasteiger charge is 2.67. The van der Waals surface area contributed by atoms with Gasteiger partial charge < -0.3 is 4.74 Å². The molecule has 1 saturated heterocycles. The van der Waals surface area contributed by atoms with Gasteiger partial charge in [0.05, 0.1) is 11.8 Å². The number of ether oxygens (including phenoxy) is 1. The summed E-state index contributed by atoms with van der Waals surface area (Å²) in [6.07, 6.45) is 4.30. The molecule has 1 aliphatic heterocycles. The van der Waals surface area contributed by atoms with Crippen molar-refractivity contribution in [2.75, 3.05) is 6.54 Å². The summed E-state index contributed by atoms with van der Waals surface area (Å²) in [5.41, 5.74) is 1.48. The van der Waals surface area contributed by atoms with Crippen molar-refractivity contribution in [2.45, 2.75) is 26.4 Å². The van der Waals surface area contributed by atoms with Gasteiger partial charge in [-0.15, -0.1) is 0 Å². The lowest BCUT2D eigenvalue weighted by Gasteiger charge is -2.37. The molecule has 1 heterocycles. The smallest absolute Gasteiger partial charge is 0.326 e. The van der Waals surface area contributed by atoms with Crippen molar-refractivity contribution in [1.29, 1.82) is 0 Å². The van der Waals surface area contributed by atoms with Crippen molar-refractivity contribution in [2.24, 2.45) is 35.5 Å². The molecule has 6 nitrogen and oxygen atoms in total. The predicted molar refractivity (Wildman–Crippen MR) is 102 cm³/mol. The number of hydrogen-bond donors (Lipinski definition) is 0. The minimum atomic E-state index is -0.981. The number of benzene rings is 1. The van der Waals surface area contributed by atoms with Gasteiger partial charge >= 0.3 is 5.97 Å². The first-order valence-corrected chi connectivity index (χ1v) is 10.2. The molecule has 3 fully saturated rings. The van der Waals surface area contributed by atoms with Crippen molar-refractivity contribution in [1.82, 2.24) is 4.90 Å². The van der Waals surface area contributed by atoms with E-state index in [1.807, 2.05) is 19.1 Å². The lowest BCUT2D eigenvalue weighted by atomic mass is 9.63. The average Bonchev–Trinajstić information content (AvgIpc) is 3.49. The van der Waals surface area contributed by atoms with E-state index in [0.29, 0.717) is 17.4 Å². The number of esters is 1. The van der Waals surface area contributed by atoms with Crippen LogP contribution in [-0.4, -0.2) is 41.1 Å². The molecule has 0 radical (unpaired) electrons. The van der Waals surface area contributed by atoms with E-state index in [1.165, 1.54) is 6.92 Å². The van der Waals surface area contributed by atoms with Crippen molar-refractivity contribution in [3.63, 3.8) is 0 Å². The molecule has 7 atom stereocenters. The number of amides is 2. The van der Waals surface area contributed by atoms with Crippen LogP contribution in [0.4, 0.5) is 0 Å². The zero-order valence-corrected chi connectivity index (χ0v) is 16.4. The van der Waals surface area contributed by atoms with Crippen LogP contribution in [0.5, 0.6) is 0 Å². The highest BCUT2D eigenvalue weighted by Crippen LogP contribution is 2.65. The minimum Gasteiger partial charge on any atom is -0.453 e. The standard InChI is InChI=1S/C23H23NO5/c1-11-3-5-13(6-4-11)21(26)12(2)29-18(25)10-24-22(27)19-14-7-8-15(17-9-16(14)17)20(19)23(24)28/h3-8,12,14-17,19-20H,9-10H2,1-2H3/t12-,14-,15-,16-,17-,19+,20+/m1/s1. The number of imide groups is 1. The maximum absolute atomic E-state index is 12.9. The van der Waals surface area contributed by atoms with Gasteiger partial charge in [-0.2, -0.15) is 0 Å². The Labute approximate surface area is 168 Å². The number of likely N-dealkylation sites (tertiary alicyclic amines) is 1. The maximum Gasteiger partial charge on any atom is 0.326 e. The van der Waals surface area contributed by atoms with Crippen LogP contribution in [0.2, 0.25) is 0 Å². The molecule has 2 bridgehead atoms. The Hall–Kier alpha value is -2.76. The van der Waals surface area contributed by atoms with Crippen LogP contribution >= 0.6 is 0 Å². The number of carbonyl (C=O) groups excluding carboxylic acids is 4. The quantitative estimate of drug-likeness (QED) is 0.331. The van der Waals surface area contributed by atoms with Crippen molar-refractivity contribution >= 4 is 23.6 Å². The fourth-order valence-corrected chi connectivity index (χ4v) is 5.54. The zero-order valence-electron chi connectivity index (χ0n) is 16.4. The van der Waals surface area contributed by atoms with Crippen LogP contribution in [0, 0.1) is 42.4 Å². The van der Waals surface area contributed by atoms with E-state index in [-0.39, 0.29) is 41.3 Å². The highest BCUT2D eigenvalue weighted by atomic mass is 16.5. The molecule has 29 heavy (non-hydrogen) atoms. The predicted octanol–water partition coefficient (Wildman–Crippen LogP) is 2.16. The Balaban J connectivity index is 1.24. The van der Waals surface area contributed by atoms with Crippen LogP contribution < -0.4 is 0 Å². The van der Waals surface area contributed by atoms with Gasteiger partial charge in [-0.25, -0.2) is 0 Å². The Kier molecular flexibility index (Phi) is 4.02. The summed E-state index contributed by atoms with van der Waals surface area (Å²) in [5.74, 6) is -0.968. The molecule has 150 valence electrons. The summed E-state index contributed by atoms with van der Waals surface area (Å²) in [7, 11) is 0. The van der Waals surface area contributed by atoms with Crippen LogP contribution in [0.15, 0.2) is 36.4 Å². The summed E-state index contributed by atoms with van der Waals surface area (Å²) >= 11 is 0. The number of aryl methyl sites for hydroxylation is 1. The second kappa shape index (κ2) is 6.37. The molecular formula is C23H23NO5. The van der Waals surface area contributed by atoms with E-state index in [0.717, 1.165) is 16.9 Å². The number of ketones is 1. The molecule has 4 aliphatic carbocycles. The van der Waals surface area contributed by atoms with Gasteiger partial charge in [0.15, 0.2) is 6.10 Å².